The number of nitrogens with zero attached hydrogens (tertiary/aromatic N) is 1. The third kappa shape index (κ3) is 2.33. The van der Waals surface area contributed by atoms with Gasteiger partial charge in [-0.1, -0.05) is 0 Å². The van der Waals surface area contributed by atoms with Crippen LogP contribution in [-0.2, 0) is 9.59 Å². The average Bonchev–Trinajstić information content (AvgIpc) is 2.52. The molecule has 0 aliphatic carbocycles. The Labute approximate surface area is 81.7 Å². The minimum atomic E-state index is -1.09. The summed E-state index contributed by atoms with van der Waals surface area (Å²) in [5, 5.41) is 2.74. The number of carbonyl (C=O) groups excluding carboxylic acids is 3. The molecule has 0 aliphatic rings. The lowest BCUT2D eigenvalue weighted by Crippen LogP contribution is -2.07. The minimum Gasteiger partial charge on any atom is -0.305 e. The zero-order chi connectivity index (χ0) is 9.84. The molecule has 0 unspecified atom stereocenters. The van der Waals surface area contributed by atoms with E-state index in [9.17, 15) is 14.4 Å². The van der Waals surface area contributed by atoms with E-state index in [-0.39, 0.29) is 10.8 Å². The molecule has 7 heteroatoms. The van der Waals surface area contributed by atoms with E-state index in [2.05, 4.69) is 10.3 Å². The van der Waals surface area contributed by atoms with Crippen LogP contribution < -0.4 is 5.32 Å². The van der Waals surface area contributed by atoms with Gasteiger partial charge >= 0.3 is 0 Å². The van der Waals surface area contributed by atoms with Crippen molar-refractivity contribution in [2.45, 2.75) is 0 Å². The Kier molecular flexibility index (Phi) is 3.10. The molecule has 5 nitrogen and oxygen atoms in total. The standard InChI is InChI=1S/C6H3ClN2O3S/c7-5(12)4(11)3-1-13-6(9-3)8-2-10/h1-2H,(H,8,9,10). The highest BCUT2D eigenvalue weighted by Crippen LogP contribution is 2.15. The summed E-state index contributed by atoms with van der Waals surface area (Å²) < 4.78 is 0. The van der Waals surface area contributed by atoms with Crippen LogP contribution in [0, 0.1) is 0 Å². The van der Waals surface area contributed by atoms with Gasteiger partial charge in [-0.15, -0.1) is 11.3 Å². The van der Waals surface area contributed by atoms with Crippen molar-refractivity contribution in [3.8, 4) is 0 Å². The van der Waals surface area contributed by atoms with E-state index in [0.717, 1.165) is 11.3 Å². The zero-order valence-electron chi connectivity index (χ0n) is 6.11. The topological polar surface area (TPSA) is 76.1 Å². The number of thiazole rings is 1. The van der Waals surface area contributed by atoms with E-state index in [1.165, 1.54) is 5.38 Å². The van der Waals surface area contributed by atoms with E-state index in [4.69, 9.17) is 11.6 Å². The monoisotopic (exact) mass is 218 g/mol. The normalized spacial score (nSPS) is 9.31. The number of aromatic nitrogens is 1. The summed E-state index contributed by atoms with van der Waals surface area (Å²) in [7, 11) is 0. The number of rotatable bonds is 4. The number of halogens is 1. The molecule has 0 spiro atoms. The molecule has 0 atom stereocenters. The molecule has 0 bridgehead atoms. The van der Waals surface area contributed by atoms with Gasteiger partial charge in [0.25, 0.3) is 11.0 Å². The van der Waals surface area contributed by atoms with Crippen molar-refractivity contribution in [1.29, 1.82) is 0 Å². The average molecular weight is 219 g/mol. The van der Waals surface area contributed by atoms with Crippen molar-refractivity contribution < 1.29 is 14.4 Å². The van der Waals surface area contributed by atoms with Gasteiger partial charge in [0.2, 0.25) is 6.41 Å². The Morgan fingerprint density at radius 3 is 2.85 bits per heavy atom. The molecule has 1 rings (SSSR count). The molecular weight excluding hydrogens is 216 g/mol. The molecule has 13 heavy (non-hydrogen) atoms. The van der Waals surface area contributed by atoms with Gasteiger partial charge in [-0.05, 0) is 11.6 Å². The van der Waals surface area contributed by atoms with Crippen LogP contribution in [0.1, 0.15) is 10.5 Å². The summed E-state index contributed by atoms with van der Waals surface area (Å²) in [4.78, 5) is 34.9. The van der Waals surface area contributed by atoms with Crippen molar-refractivity contribution in [3.63, 3.8) is 0 Å². The maximum absolute atomic E-state index is 10.9. The van der Waals surface area contributed by atoms with Crippen LogP contribution in [0.2, 0.25) is 0 Å². The van der Waals surface area contributed by atoms with E-state index >= 15 is 0 Å². The van der Waals surface area contributed by atoms with Gasteiger partial charge in [0.1, 0.15) is 5.69 Å². The van der Waals surface area contributed by atoms with Crippen molar-refractivity contribution in [1.82, 2.24) is 4.98 Å². The summed E-state index contributed by atoms with van der Waals surface area (Å²) >= 11 is 5.97. The quantitative estimate of drug-likeness (QED) is 0.349. The van der Waals surface area contributed by atoms with Gasteiger partial charge in [-0.3, -0.25) is 14.4 Å². The fourth-order valence-corrected chi connectivity index (χ4v) is 1.34. The second-order valence-corrected chi connectivity index (χ2v) is 3.10. The van der Waals surface area contributed by atoms with E-state index in [1.54, 1.807) is 0 Å². The molecule has 0 aromatic carbocycles. The summed E-state index contributed by atoms with van der Waals surface area (Å²) in [6.45, 7) is 0. The highest BCUT2D eigenvalue weighted by molar-refractivity contribution is 7.14. The van der Waals surface area contributed by atoms with Crippen LogP contribution in [0.5, 0.6) is 0 Å². The molecule has 0 fully saturated rings. The van der Waals surface area contributed by atoms with Crippen LogP contribution >= 0.6 is 22.9 Å². The molecule has 1 heterocycles. The number of amides is 1. The zero-order valence-corrected chi connectivity index (χ0v) is 7.69. The van der Waals surface area contributed by atoms with Crippen LogP contribution in [0.3, 0.4) is 0 Å². The van der Waals surface area contributed by atoms with Crippen molar-refractivity contribution >= 4 is 45.5 Å². The van der Waals surface area contributed by atoms with Crippen LogP contribution in [-0.4, -0.2) is 22.4 Å². The van der Waals surface area contributed by atoms with Crippen LogP contribution in [0.25, 0.3) is 0 Å². The molecular formula is C6H3ClN2O3S. The van der Waals surface area contributed by atoms with Gasteiger partial charge in [0.05, 0.1) is 0 Å². The fourth-order valence-electron chi connectivity index (χ4n) is 0.595. The summed E-state index contributed by atoms with van der Waals surface area (Å²) in [6, 6.07) is 0. The third-order valence-electron chi connectivity index (χ3n) is 1.10. The van der Waals surface area contributed by atoms with E-state index in [0.29, 0.717) is 6.41 Å². The molecule has 68 valence electrons. The highest BCUT2D eigenvalue weighted by Gasteiger charge is 2.16. The minimum absolute atomic E-state index is 0.0608. The second-order valence-electron chi connectivity index (χ2n) is 1.90. The summed E-state index contributed by atoms with van der Waals surface area (Å²) in [5.74, 6) is -0.878. The number of anilines is 1. The Hall–Kier alpha value is -1.27. The molecule has 1 amide bonds. The SMILES string of the molecule is O=CNc1nc(C(=O)C(=O)Cl)cs1. The summed E-state index contributed by atoms with van der Waals surface area (Å²) in [6.07, 6.45) is 0.426. The van der Waals surface area contributed by atoms with Gasteiger partial charge in [-0.25, -0.2) is 4.98 Å². The van der Waals surface area contributed by atoms with Gasteiger partial charge in [0, 0.05) is 5.38 Å². The molecule has 0 radical (unpaired) electrons. The Morgan fingerprint density at radius 2 is 2.31 bits per heavy atom. The lowest BCUT2D eigenvalue weighted by Gasteiger charge is -1.87. The number of hydrogen-bond donors (Lipinski definition) is 1. The van der Waals surface area contributed by atoms with Crippen LogP contribution in [0.15, 0.2) is 5.38 Å². The number of Topliss-reactive ketones (excluding diaryl/α,β-unsaturated/α-hetero) is 1. The number of ketones is 1. The van der Waals surface area contributed by atoms with Crippen molar-refractivity contribution in [2.75, 3.05) is 5.32 Å². The first-order chi connectivity index (χ1) is 6.15. The Morgan fingerprint density at radius 1 is 1.62 bits per heavy atom. The smallest absolute Gasteiger partial charge is 0.294 e. The fraction of sp³-hybridized carbons (Fsp3) is 0. The summed E-state index contributed by atoms with van der Waals surface area (Å²) in [5.41, 5.74) is -0.0608. The van der Waals surface area contributed by atoms with E-state index < -0.39 is 11.0 Å². The first-order valence-electron chi connectivity index (χ1n) is 3.05. The number of hydrogen-bond acceptors (Lipinski definition) is 5. The molecule has 1 aromatic rings. The van der Waals surface area contributed by atoms with Gasteiger partial charge < -0.3 is 5.32 Å². The maximum atomic E-state index is 10.9. The van der Waals surface area contributed by atoms with E-state index in [1.807, 2.05) is 0 Å². The predicted molar refractivity (Wildman–Crippen MR) is 47.0 cm³/mol. The van der Waals surface area contributed by atoms with Crippen molar-refractivity contribution in [2.24, 2.45) is 0 Å². The molecule has 0 saturated heterocycles. The highest BCUT2D eigenvalue weighted by atomic mass is 35.5. The Bertz CT molecular complexity index is 363. The number of carbonyl (C=O) groups is 3. The molecule has 0 aliphatic heterocycles. The largest absolute Gasteiger partial charge is 0.305 e. The molecule has 1 aromatic heterocycles. The third-order valence-corrected chi connectivity index (χ3v) is 2.04. The second kappa shape index (κ2) is 4.11. The first-order valence-corrected chi connectivity index (χ1v) is 4.30. The Balaban J connectivity index is 2.85. The van der Waals surface area contributed by atoms with Gasteiger partial charge in [0.15, 0.2) is 5.13 Å². The predicted octanol–water partition coefficient (Wildman–Crippen LogP) is 0.659. The van der Waals surface area contributed by atoms with Crippen LogP contribution in [0.4, 0.5) is 5.13 Å². The first kappa shape index (κ1) is 9.82. The lowest BCUT2D eigenvalue weighted by molar-refractivity contribution is -0.108. The number of nitrogens with one attached hydrogen (secondary N) is 1. The lowest BCUT2D eigenvalue weighted by atomic mass is 10.3. The van der Waals surface area contributed by atoms with Gasteiger partial charge in [-0.2, -0.15) is 0 Å². The maximum Gasteiger partial charge on any atom is 0.294 e. The van der Waals surface area contributed by atoms with Crippen molar-refractivity contribution in [3.05, 3.63) is 11.1 Å². The molecule has 1 N–H and O–H groups in total. The molecule has 0 saturated carbocycles.